The van der Waals surface area contributed by atoms with Crippen molar-refractivity contribution >= 4 is 21.8 Å². The molecule has 0 saturated heterocycles. The summed E-state index contributed by atoms with van der Waals surface area (Å²) in [6.45, 7) is 4.36. The largest absolute Gasteiger partial charge is 0.497 e. The average Bonchev–Trinajstić information content (AvgIpc) is 2.37. The normalized spacial score (nSPS) is 12.3. The summed E-state index contributed by atoms with van der Waals surface area (Å²) in [6.07, 6.45) is 0.164. The molecule has 0 aromatic heterocycles. The minimum Gasteiger partial charge on any atom is -0.497 e. The van der Waals surface area contributed by atoms with E-state index in [0.29, 0.717) is 28.8 Å². The van der Waals surface area contributed by atoms with E-state index >= 15 is 0 Å². The van der Waals surface area contributed by atoms with Crippen LogP contribution in [0.15, 0.2) is 22.7 Å². The number of ether oxygens (including phenoxy) is 1. The molecule has 1 amide bonds. The third-order valence-corrected chi connectivity index (χ3v) is 3.57. The lowest BCUT2D eigenvalue weighted by Crippen LogP contribution is -2.28. The van der Waals surface area contributed by atoms with Crippen LogP contribution in [0.4, 0.5) is 0 Å². The zero-order valence-corrected chi connectivity index (χ0v) is 13.0. The molecule has 5 heteroatoms. The van der Waals surface area contributed by atoms with Gasteiger partial charge < -0.3 is 15.2 Å². The van der Waals surface area contributed by atoms with Crippen LogP contribution in [0.3, 0.4) is 0 Å². The lowest BCUT2D eigenvalue weighted by Gasteiger charge is -2.14. The van der Waals surface area contributed by atoms with Crippen LogP contribution in [0.25, 0.3) is 0 Å². The maximum atomic E-state index is 12.0. The number of amides is 1. The number of rotatable bonds is 6. The Balaban J connectivity index is 2.54. The third-order valence-electron chi connectivity index (χ3n) is 2.92. The molecule has 0 saturated carbocycles. The maximum absolute atomic E-state index is 12.0. The number of hydrogen-bond acceptors (Lipinski definition) is 3. The van der Waals surface area contributed by atoms with E-state index in [2.05, 4.69) is 21.2 Å². The summed E-state index contributed by atoms with van der Waals surface area (Å²) in [6, 6.07) is 5.19. The SMILES string of the molecule is COc1ccc(C(=O)NCCC(O)C(C)C)c(Br)c1. The van der Waals surface area contributed by atoms with Gasteiger partial charge in [0.15, 0.2) is 0 Å². The van der Waals surface area contributed by atoms with Crippen LogP contribution in [-0.4, -0.2) is 30.8 Å². The first kappa shape index (κ1) is 16.0. The van der Waals surface area contributed by atoms with E-state index in [1.807, 2.05) is 13.8 Å². The fourth-order valence-corrected chi connectivity index (χ4v) is 2.11. The van der Waals surface area contributed by atoms with E-state index in [1.165, 1.54) is 0 Å². The van der Waals surface area contributed by atoms with Crippen LogP contribution in [0.1, 0.15) is 30.6 Å². The molecule has 106 valence electrons. The number of aliphatic hydroxyl groups is 1. The molecule has 1 aromatic rings. The number of aliphatic hydroxyl groups excluding tert-OH is 1. The molecule has 1 rings (SSSR count). The predicted molar refractivity (Wildman–Crippen MR) is 78.5 cm³/mol. The van der Waals surface area contributed by atoms with Crippen molar-refractivity contribution in [2.75, 3.05) is 13.7 Å². The topological polar surface area (TPSA) is 58.6 Å². The van der Waals surface area contributed by atoms with Crippen molar-refractivity contribution in [3.63, 3.8) is 0 Å². The Hall–Kier alpha value is -1.07. The Bertz CT molecular complexity index is 435. The molecule has 4 nitrogen and oxygen atoms in total. The van der Waals surface area contributed by atoms with E-state index in [0.717, 1.165) is 0 Å². The summed E-state index contributed by atoms with van der Waals surface area (Å²) in [7, 11) is 1.58. The molecule has 19 heavy (non-hydrogen) atoms. The Kier molecular flexibility index (Phi) is 6.31. The van der Waals surface area contributed by atoms with Crippen LogP contribution in [0, 0.1) is 5.92 Å². The van der Waals surface area contributed by atoms with Crippen LogP contribution < -0.4 is 10.1 Å². The van der Waals surface area contributed by atoms with Gasteiger partial charge in [0.05, 0.1) is 18.8 Å². The van der Waals surface area contributed by atoms with Crippen LogP contribution in [-0.2, 0) is 0 Å². The van der Waals surface area contributed by atoms with Crippen LogP contribution in [0.2, 0.25) is 0 Å². The van der Waals surface area contributed by atoms with Gasteiger partial charge in [0.25, 0.3) is 5.91 Å². The zero-order valence-electron chi connectivity index (χ0n) is 11.4. The average molecular weight is 330 g/mol. The highest BCUT2D eigenvalue weighted by Gasteiger charge is 2.12. The number of hydrogen-bond donors (Lipinski definition) is 2. The standard InChI is InChI=1S/C14H20BrNO3/c1-9(2)13(17)6-7-16-14(18)11-5-4-10(19-3)8-12(11)15/h4-5,8-9,13,17H,6-7H2,1-3H3,(H,16,18). The summed E-state index contributed by atoms with van der Waals surface area (Å²) in [5, 5.41) is 12.4. The smallest absolute Gasteiger partial charge is 0.252 e. The fraction of sp³-hybridized carbons (Fsp3) is 0.500. The molecule has 1 unspecified atom stereocenters. The first-order valence-electron chi connectivity index (χ1n) is 6.25. The second kappa shape index (κ2) is 7.50. The van der Waals surface area contributed by atoms with Crippen LogP contribution in [0.5, 0.6) is 5.75 Å². The molecule has 2 N–H and O–H groups in total. The molecule has 0 bridgehead atoms. The molecule has 0 radical (unpaired) electrons. The van der Waals surface area contributed by atoms with Gasteiger partial charge in [-0.15, -0.1) is 0 Å². The summed E-state index contributed by atoms with van der Waals surface area (Å²) >= 11 is 3.34. The van der Waals surface area contributed by atoms with Gasteiger partial charge in [0.1, 0.15) is 5.75 Å². The number of benzene rings is 1. The molecule has 0 aliphatic heterocycles. The molecule has 0 aliphatic carbocycles. The lowest BCUT2D eigenvalue weighted by atomic mass is 10.0. The summed E-state index contributed by atoms with van der Waals surface area (Å²) in [5.74, 6) is 0.730. The van der Waals surface area contributed by atoms with Crippen molar-refractivity contribution in [1.29, 1.82) is 0 Å². The lowest BCUT2D eigenvalue weighted by molar-refractivity contribution is 0.0919. The molecule has 1 aromatic carbocycles. The molecule has 1 atom stereocenters. The van der Waals surface area contributed by atoms with Gasteiger partial charge in [-0.2, -0.15) is 0 Å². The van der Waals surface area contributed by atoms with Gasteiger partial charge in [0.2, 0.25) is 0 Å². The van der Waals surface area contributed by atoms with Gasteiger partial charge in [-0.3, -0.25) is 4.79 Å². The first-order chi connectivity index (χ1) is 8.95. The number of carbonyl (C=O) groups excluding carboxylic acids is 1. The number of methoxy groups -OCH3 is 1. The van der Waals surface area contributed by atoms with Crippen molar-refractivity contribution in [1.82, 2.24) is 5.32 Å². The van der Waals surface area contributed by atoms with Gasteiger partial charge in [-0.05, 0) is 46.5 Å². The first-order valence-corrected chi connectivity index (χ1v) is 7.04. The minimum atomic E-state index is -0.389. The molecular formula is C14H20BrNO3. The van der Waals surface area contributed by atoms with Gasteiger partial charge in [-0.1, -0.05) is 13.8 Å². The fourth-order valence-electron chi connectivity index (χ4n) is 1.57. The maximum Gasteiger partial charge on any atom is 0.252 e. The molecular weight excluding hydrogens is 310 g/mol. The molecule has 0 heterocycles. The quantitative estimate of drug-likeness (QED) is 0.843. The summed E-state index contributed by atoms with van der Waals surface area (Å²) < 4.78 is 5.76. The van der Waals surface area contributed by atoms with Crippen molar-refractivity contribution in [3.8, 4) is 5.75 Å². The number of carbonyl (C=O) groups is 1. The highest BCUT2D eigenvalue weighted by atomic mass is 79.9. The van der Waals surface area contributed by atoms with Gasteiger partial charge in [0, 0.05) is 11.0 Å². The second-order valence-electron chi connectivity index (χ2n) is 4.70. The highest BCUT2D eigenvalue weighted by Crippen LogP contribution is 2.22. The van der Waals surface area contributed by atoms with E-state index in [9.17, 15) is 9.90 Å². The van der Waals surface area contributed by atoms with Crippen molar-refractivity contribution in [2.24, 2.45) is 5.92 Å². The highest BCUT2D eigenvalue weighted by molar-refractivity contribution is 9.10. The number of halogens is 1. The monoisotopic (exact) mass is 329 g/mol. The van der Waals surface area contributed by atoms with E-state index in [4.69, 9.17) is 4.74 Å². The Morgan fingerprint density at radius 3 is 2.68 bits per heavy atom. The van der Waals surface area contributed by atoms with E-state index < -0.39 is 0 Å². The predicted octanol–water partition coefficient (Wildman–Crippen LogP) is 2.59. The van der Waals surface area contributed by atoms with Crippen LogP contribution >= 0.6 is 15.9 Å². The molecule has 0 aliphatic rings. The summed E-state index contributed by atoms with van der Waals surface area (Å²) in [5.41, 5.74) is 0.555. The zero-order chi connectivity index (χ0) is 14.4. The van der Waals surface area contributed by atoms with Crippen molar-refractivity contribution < 1.29 is 14.6 Å². The van der Waals surface area contributed by atoms with E-state index in [-0.39, 0.29) is 17.9 Å². The minimum absolute atomic E-state index is 0.162. The summed E-state index contributed by atoms with van der Waals surface area (Å²) in [4.78, 5) is 12.0. The van der Waals surface area contributed by atoms with E-state index in [1.54, 1.807) is 25.3 Å². The van der Waals surface area contributed by atoms with Gasteiger partial charge in [-0.25, -0.2) is 0 Å². The van der Waals surface area contributed by atoms with Gasteiger partial charge >= 0.3 is 0 Å². The van der Waals surface area contributed by atoms with Crippen molar-refractivity contribution in [3.05, 3.63) is 28.2 Å². The number of nitrogens with one attached hydrogen (secondary N) is 1. The Labute approximate surface area is 122 Å². The third kappa shape index (κ3) is 4.84. The van der Waals surface area contributed by atoms with Crippen molar-refractivity contribution in [2.45, 2.75) is 26.4 Å². The Morgan fingerprint density at radius 1 is 1.47 bits per heavy atom. The molecule has 0 fully saturated rings. The second-order valence-corrected chi connectivity index (χ2v) is 5.56. The Morgan fingerprint density at radius 2 is 2.16 bits per heavy atom. The molecule has 0 spiro atoms.